The largest absolute Gasteiger partial charge is 0.573 e. The zero-order valence-corrected chi connectivity index (χ0v) is 22.8. The molecule has 0 unspecified atom stereocenters. The first kappa shape index (κ1) is 29.2. The number of nitrogens with zero attached hydrogens (tertiary/aromatic N) is 4. The van der Waals surface area contributed by atoms with Crippen LogP contribution in [0.5, 0.6) is 5.75 Å². The van der Waals surface area contributed by atoms with Crippen LogP contribution in [0.25, 0.3) is 5.78 Å². The van der Waals surface area contributed by atoms with Crippen LogP contribution in [0, 0.1) is 6.92 Å². The first-order chi connectivity index (χ1) is 20.5. The fourth-order valence-electron chi connectivity index (χ4n) is 4.87. The molecule has 0 bridgehead atoms. The SMILES string of the molecule is C=CCOC(=O)c1ccc2c(c1C)CC[C@@H]2NC(=O)c1cc(C(=O)NCc2ccc(OC(F)(F)F)cc2)nc2ncnn12. The van der Waals surface area contributed by atoms with E-state index in [1.807, 2.05) is 6.92 Å². The number of rotatable bonds is 9. The fraction of sp³-hybridized carbons (Fsp3) is 0.241. The molecule has 0 fully saturated rings. The molecule has 2 heterocycles. The van der Waals surface area contributed by atoms with Gasteiger partial charge in [-0.2, -0.15) is 14.6 Å². The van der Waals surface area contributed by atoms with E-state index in [2.05, 4.69) is 37.0 Å². The van der Waals surface area contributed by atoms with Crippen LogP contribution in [0.1, 0.15) is 66.1 Å². The average molecular weight is 595 g/mol. The van der Waals surface area contributed by atoms with Crippen LogP contribution in [0.15, 0.2) is 61.4 Å². The molecule has 1 aliphatic rings. The van der Waals surface area contributed by atoms with Crippen molar-refractivity contribution >= 4 is 23.6 Å². The van der Waals surface area contributed by atoms with E-state index in [1.54, 1.807) is 12.1 Å². The van der Waals surface area contributed by atoms with Crippen LogP contribution in [0.4, 0.5) is 13.2 Å². The lowest BCUT2D eigenvalue weighted by molar-refractivity contribution is -0.274. The number of amides is 2. The zero-order chi connectivity index (χ0) is 30.7. The molecule has 11 nitrogen and oxygen atoms in total. The van der Waals surface area contributed by atoms with Crippen LogP contribution >= 0.6 is 0 Å². The second-order valence-electron chi connectivity index (χ2n) is 9.63. The Bertz CT molecular complexity index is 1720. The number of ether oxygens (including phenoxy) is 2. The normalized spacial score (nSPS) is 14.2. The maximum atomic E-state index is 13.5. The van der Waals surface area contributed by atoms with E-state index in [0.717, 1.165) is 28.8 Å². The molecule has 1 aliphatic carbocycles. The molecule has 0 aliphatic heterocycles. The van der Waals surface area contributed by atoms with Gasteiger partial charge in [-0.25, -0.2) is 9.78 Å². The van der Waals surface area contributed by atoms with Crippen LogP contribution in [-0.2, 0) is 17.7 Å². The average Bonchev–Trinajstić information content (AvgIpc) is 3.62. The minimum Gasteiger partial charge on any atom is -0.458 e. The Hall–Kier alpha value is -5.27. The van der Waals surface area contributed by atoms with E-state index in [4.69, 9.17) is 4.74 Å². The fourth-order valence-corrected chi connectivity index (χ4v) is 4.87. The van der Waals surface area contributed by atoms with Crippen molar-refractivity contribution in [2.75, 3.05) is 6.61 Å². The zero-order valence-electron chi connectivity index (χ0n) is 22.8. The third kappa shape index (κ3) is 6.47. The Kier molecular flexibility index (Phi) is 8.10. The van der Waals surface area contributed by atoms with Gasteiger partial charge in [0, 0.05) is 12.6 Å². The molecule has 14 heteroatoms. The molecule has 222 valence electrons. The summed E-state index contributed by atoms with van der Waals surface area (Å²) in [6.07, 6.45) is -0.881. The van der Waals surface area contributed by atoms with Crippen molar-refractivity contribution in [2.24, 2.45) is 0 Å². The highest BCUT2D eigenvalue weighted by molar-refractivity contribution is 5.98. The first-order valence-electron chi connectivity index (χ1n) is 13.1. The molecule has 0 spiro atoms. The van der Waals surface area contributed by atoms with Gasteiger partial charge in [-0.1, -0.05) is 30.9 Å². The summed E-state index contributed by atoms with van der Waals surface area (Å²) in [7, 11) is 0. The third-order valence-electron chi connectivity index (χ3n) is 6.88. The van der Waals surface area contributed by atoms with E-state index in [-0.39, 0.29) is 42.1 Å². The van der Waals surface area contributed by atoms with E-state index < -0.39 is 24.1 Å². The van der Waals surface area contributed by atoms with Gasteiger partial charge >= 0.3 is 12.3 Å². The highest BCUT2D eigenvalue weighted by Gasteiger charge is 2.31. The summed E-state index contributed by atoms with van der Waals surface area (Å²) in [5.41, 5.74) is 3.50. The lowest BCUT2D eigenvalue weighted by atomic mass is 9.98. The predicted molar refractivity (Wildman–Crippen MR) is 145 cm³/mol. The van der Waals surface area contributed by atoms with Gasteiger partial charge in [0.05, 0.1) is 11.6 Å². The molecule has 2 N–H and O–H groups in total. The molecule has 43 heavy (non-hydrogen) atoms. The van der Waals surface area contributed by atoms with Gasteiger partial charge in [-0.15, -0.1) is 13.2 Å². The summed E-state index contributed by atoms with van der Waals surface area (Å²) in [4.78, 5) is 47.0. The summed E-state index contributed by atoms with van der Waals surface area (Å²) in [6.45, 7) is 5.47. The molecule has 4 aromatic rings. The molecule has 5 rings (SSSR count). The monoisotopic (exact) mass is 594 g/mol. The number of carbonyl (C=O) groups is 3. The van der Waals surface area contributed by atoms with E-state index >= 15 is 0 Å². The number of halogens is 3. The summed E-state index contributed by atoms with van der Waals surface area (Å²) in [5.74, 6) is -1.96. The molecule has 1 atom stereocenters. The Morgan fingerprint density at radius 2 is 1.91 bits per heavy atom. The summed E-state index contributed by atoms with van der Waals surface area (Å²) in [5, 5.41) is 9.67. The van der Waals surface area contributed by atoms with Crippen molar-refractivity contribution in [1.29, 1.82) is 0 Å². The highest BCUT2D eigenvalue weighted by Crippen LogP contribution is 2.35. The molecule has 2 aromatic carbocycles. The number of hydrogen-bond donors (Lipinski definition) is 2. The highest BCUT2D eigenvalue weighted by atomic mass is 19.4. The second-order valence-corrected chi connectivity index (χ2v) is 9.63. The van der Waals surface area contributed by atoms with E-state index in [0.29, 0.717) is 24.0 Å². The Labute approximate surface area is 242 Å². The van der Waals surface area contributed by atoms with Crippen molar-refractivity contribution in [3.8, 4) is 5.75 Å². The molecule has 2 aromatic heterocycles. The number of esters is 1. The van der Waals surface area contributed by atoms with Crippen molar-refractivity contribution in [1.82, 2.24) is 30.2 Å². The lowest BCUT2D eigenvalue weighted by Crippen LogP contribution is -2.30. The molecule has 0 radical (unpaired) electrons. The number of fused-ring (bicyclic) bond motifs is 2. The standard InChI is InChI=1S/C29H25F3N6O5/c1-3-12-42-27(41)20-8-9-21-19(16(20)2)10-11-22(21)36-26(40)24-13-23(37-28-34-15-35-38(24)28)25(39)33-14-17-4-6-18(7-5-17)43-29(30,31)32/h3-9,13,15,22H,1,10-12,14H2,2H3,(H,33,39)(H,36,40)/t22-/m0/s1. The Morgan fingerprint density at radius 3 is 2.63 bits per heavy atom. The Balaban J connectivity index is 1.30. The van der Waals surface area contributed by atoms with Crippen molar-refractivity contribution < 1.29 is 37.0 Å². The van der Waals surface area contributed by atoms with Gasteiger partial charge in [0.2, 0.25) is 0 Å². The smallest absolute Gasteiger partial charge is 0.458 e. The number of carbonyl (C=O) groups excluding carboxylic acids is 3. The topological polar surface area (TPSA) is 137 Å². The van der Waals surface area contributed by atoms with Crippen molar-refractivity contribution in [3.63, 3.8) is 0 Å². The third-order valence-corrected chi connectivity index (χ3v) is 6.88. The minimum absolute atomic E-state index is 0.0203. The number of aromatic nitrogens is 4. The second kappa shape index (κ2) is 11.9. The Morgan fingerprint density at radius 1 is 1.14 bits per heavy atom. The van der Waals surface area contributed by atoms with Crippen LogP contribution in [0.3, 0.4) is 0 Å². The quantitative estimate of drug-likeness (QED) is 0.219. The first-order valence-corrected chi connectivity index (χ1v) is 13.1. The number of nitrogens with one attached hydrogen (secondary N) is 2. The number of benzene rings is 2. The van der Waals surface area contributed by atoms with Gasteiger partial charge in [0.15, 0.2) is 0 Å². The minimum atomic E-state index is -4.81. The van der Waals surface area contributed by atoms with Crippen LogP contribution in [0.2, 0.25) is 0 Å². The molecule has 0 saturated heterocycles. The molecule has 0 saturated carbocycles. The number of alkyl halides is 3. The van der Waals surface area contributed by atoms with Crippen molar-refractivity contribution in [2.45, 2.75) is 38.7 Å². The van der Waals surface area contributed by atoms with E-state index in [1.165, 1.54) is 35.1 Å². The summed E-state index contributed by atoms with van der Waals surface area (Å²) in [6, 6.07) is 9.42. The van der Waals surface area contributed by atoms with Gasteiger partial charge in [-0.05, 0) is 60.2 Å². The summed E-state index contributed by atoms with van der Waals surface area (Å²) >= 11 is 0. The van der Waals surface area contributed by atoms with Crippen LogP contribution in [-0.4, -0.2) is 50.3 Å². The van der Waals surface area contributed by atoms with Gasteiger partial charge < -0.3 is 20.1 Å². The lowest BCUT2D eigenvalue weighted by Gasteiger charge is -2.16. The predicted octanol–water partition coefficient (Wildman–Crippen LogP) is 4.02. The van der Waals surface area contributed by atoms with Gasteiger partial charge in [0.25, 0.3) is 17.6 Å². The maximum Gasteiger partial charge on any atom is 0.573 e. The van der Waals surface area contributed by atoms with E-state index in [9.17, 15) is 27.6 Å². The summed E-state index contributed by atoms with van der Waals surface area (Å²) < 4.78 is 47.4. The molecular formula is C29H25F3N6O5. The number of hydrogen-bond acceptors (Lipinski definition) is 8. The van der Waals surface area contributed by atoms with Crippen molar-refractivity contribution in [3.05, 3.63) is 101 Å². The van der Waals surface area contributed by atoms with Gasteiger partial charge in [0.1, 0.15) is 30.1 Å². The molecule has 2 amide bonds. The molecular weight excluding hydrogens is 569 g/mol. The van der Waals surface area contributed by atoms with Crippen LogP contribution < -0.4 is 15.4 Å². The maximum absolute atomic E-state index is 13.5. The van der Waals surface area contributed by atoms with Gasteiger partial charge in [-0.3, -0.25) is 9.59 Å².